The normalized spacial score (nSPS) is 14.4. The Morgan fingerprint density at radius 2 is 1.77 bits per heavy atom. The molecule has 26 heavy (non-hydrogen) atoms. The van der Waals surface area contributed by atoms with Crippen molar-refractivity contribution in [1.82, 2.24) is 5.32 Å². The number of benzene rings is 2. The molecule has 1 saturated carbocycles. The van der Waals surface area contributed by atoms with E-state index in [1.807, 2.05) is 24.3 Å². The molecule has 0 radical (unpaired) electrons. The first kappa shape index (κ1) is 18.4. The fourth-order valence-electron chi connectivity index (χ4n) is 3.23. The van der Waals surface area contributed by atoms with Crippen LogP contribution in [0.5, 0.6) is 5.75 Å². The van der Waals surface area contributed by atoms with Crippen LogP contribution in [0.4, 0.5) is 8.78 Å². The second kappa shape index (κ2) is 8.79. The van der Waals surface area contributed by atoms with Crippen LogP contribution in [0.3, 0.4) is 0 Å². The summed E-state index contributed by atoms with van der Waals surface area (Å²) < 4.78 is 32.3. The molecule has 2 aromatic carbocycles. The van der Waals surface area contributed by atoms with E-state index in [-0.39, 0.29) is 12.5 Å². The van der Waals surface area contributed by atoms with Crippen molar-refractivity contribution < 1.29 is 18.3 Å². The summed E-state index contributed by atoms with van der Waals surface area (Å²) in [6.45, 7) is 0.109. The van der Waals surface area contributed by atoms with Gasteiger partial charge in [-0.1, -0.05) is 12.1 Å². The minimum absolute atomic E-state index is 0.109. The molecule has 1 fully saturated rings. The Labute approximate surface area is 152 Å². The molecule has 3 rings (SSSR count). The minimum atomic E-state index is -0.645. The smallest absolute Gasteiger partial charge is 0.220 e. The number of hydrogen-bond acceptors (Lipinski definition) is 2. The molecular weight excluding hydrogens is 336 g/mol. The standard InChI is InChI=1S/C21H23F2NO2/c22-17-10-16(11-18(23)13-17)14-24-21(25)9-8-15-4-3-7-20(12-15)26-19-5-1-2-6-19/h3-4,7,10-13,19H,1-2,5-6,8-9,14H2,(H,24,25). The molecule has 138 valence electrons. The lowest BCUT2D eigenvalue weighted by atomic mass is 10.1. The quantitative estimate of drug-likeness (QED) is 0.788. The van der Waals surface area contributed by atoms with Gasteiger partial charge in [0.1, 0.15) is 17.4 Å². The third-order valence-corrected chi connectivity index (χ3v) is 4.56. The van der Waals surface area contributed by atoms with Crippen LogP contribution in [0.1, 0.15) is 43.2 Å². The van der Waals surface area contributed by atoms with Gasteiger partial charge in [0.15, 0.2) is 0 Å². The third-order valence-electron chi connectivity index (χ3n) is 4.56. The van der Waals surface area contributed by atoms with Crippen LogP contribution in [-0.2, 0) is 17.8 Å². The molecule has 1 aliphatic rings. The molecule has 0 saturated heterocycles. The zero-order chi connectivity index (χ0) is 18.4. The van der Waals surface area contributed by atoms with Crippen LogP contribution in [0, 0.1) is 11.6 Å². The highest BCUT2D eigenvalue weighted by atomic mass is 19.1. The van der Waals surface area contributed by atoms with E-state index in [1.54, 1.807) is 0 Å². The number of hydrogen-bond donors (Lipinski definition) is 1. The maximum Gasteiger partial charge on any atom is 0.220 e. The Balaban J connectivity index is 1.46. The van der Waals surface area contributed by atoms with Crippen molar-refractivity contribution in [2.45, 2.75) is 51.2 Å². The van der Waals surface area contributed by atoms with Crippen LogP contribution in [-0.4, -0.2) is 12.0 Å². The van der Waals surface area contributed by atoms with Crippen molar-refractivity contribution in [3.63, 3.8) is 0 Å². The van der Waals surface area contributed by atoms with E-state index < -0.39 is 11.6 Å². The summed E-state index contributed by atoms with van der Waals surface area (Å²) in [6, 6.07) is 11.1. The van der Waals surface area contributed by atoms with E-state index in [9.17, 15) is 13.6 Å². The van der Waals surface area contributed by atoms with Gasteiger partial charge in [0.2, 0.25) is 5.91 Å². The van der Waals surface area contributed by atoms with Gasteiger partial charge in [-0.15, -0.1) is 0 Å². The third kappa shape index (κ3) is 5.55. The zero-order valence-electron chi connectivity index (χ0n) is 14.6. The van der Waals surface area contributed by atoms with Gasteiger partial charge in [-0.2, -0.15) is 0 Å². The van der Waals surface area contributed by atoms with Crippen molar-refractivity contribution >= 4 is 5.91 Å². The number of amides is 1. The lowest BCUT2D eigenvalue weighted by Crippen LogP contribution is -2.23. The highest BCUT2D eigenvalue weighted by Crippen LogP contribution is 2.24. The number of rotatable bonds is 7. The summed E-state index contributed by atoms with van der Waals surface area (Å²) in [5, 5.41) is 2.69. The fraction of sp³-hybridized carbons (Fsp3) is 0.381. The number of carbonyl (C=O) groups is 1. The molecule has 0 heterocycles. The molecule has 0 unspecified atom stereocenters. The monoisotopic (exact) mass is 359 g/mol. The first-order valence-electron chi connectivity index (χ1n) is 9.06. The zero-order valence-corrected chi connectivity index (χ0v) is 14.6. The second-order valence-corrected chi connectivity index (χ2v) is 6.73. The van der Waals surface area contributed by atoms with Crippen LogP contribution < -0.4 is 10.1 Å². The molecular formula is C21H23F2NO2. The first-order valence-corrected chi connectivity index (χ1v) is 9.06. The van der Waals surface area contributed by atoms with Gasteiger partial charge in [0, 0.05) is 19.0 Å². The van der Waals surface area contributed by atoms with Crippen LogP contribution in [0.15, 0.2) is 42.5 Å². The molecule has 0 bridgehead atoms. The van der Waals surface area contributed by atoms with E-state index in [4.69, 9.17) is 4.74 Å². The van der Waals surface area contributed by atoms with Crippen LogP contribution in [0.2, 0.25) is 0 Å². The van der Waals surface area contributed by atoms with Crippen molar-refractivity contribution in [2.75, 3.05) is 0 Å². The SMILES string of the molecule is O=C(CCc1cccc(OC2CCCC2)c1)NCc1cc(F)cc(F)c1. The molecule has 0 atom stereocenters. The van der Waals surface area contributed by atoms with Crippen molar-refractivity contribution in [3.8, 4) is 5.75 Å². The van der Waals surface area contributed by atoms with Gasteiger partial charge in [-0.05, 0) is 67.5 Å². The lowest BCUT2D eigenvalue weighted by molar-refractivity contribution is -0.121. The molecule has 1 aliphatic carbocycles. The predicted molar refractivity (Wildman–Crippen MR) is 95.9 cm³/mol. The van der Waals surface area contributed by atoms with Crippen molar-refractivity contribution in [1.29, 1.82) is 0 Å². The summed E-state index contributed by atoms with van der Waals surface area (Å²) in [5.74, 6) is -0.594. The van der Waals surface area contributed by atoms with Crippen LogP contribution >= 0.6 is 0 Å². The maximum atomic E-state index is 13.1. The fourth-order valence-corrected chi connectivity index (χ4v) is 3.23. The Morgan fingerprint density at radius 3 is 2.50 bits per heavy atom. The average Bonchev–Trinajstić information content (AvgIpc) is 3.11. The molecule has 3 nitrogen and oxygen atoms in total. The molecule has 1 amide bonds. The highest BCUT2D eigenvalue weighted by Gasteiger charge is 2.16. The topological polar surface area (TPSA) is 38.3 Å². The first-order chi connectivity index (χ1) is 12.6. The summed E-state index contributed by atoms with van der Waals surface area (Å²) in [7, 11) is 0. The highest BCUT2D eigenvalue weighted by molar-refractivity contribution is 5.76. The molecule has 5 heteroatoms. The van der Waals surface area contributed by atoms with Gasteiger partial charge < -0.3 is 10.1 Å². The Morgan fingerprint density at radius 1 is 1.04 bits per heavy atom. The molecule has 2 aromatic rings. The minimum Gasteiger partial charge on any atom is -0.490 e. The van der Waals surface area contributed by atoms with E-state index >= 15 is 0 Å². The van der Waals surface area contributed by atoms with Gasteiger partial charge >= 0.3 is 0 Å². The molecule has 0 spiro atoms. The largest absolute Gasteiger partial charge is 0.490 e. The molecule has 0 aromatic heterocycles. The van der Waals surface area contributed by atoms with Gasteiger partial charge in [-0.3, -0.25) is 4.79 Å². The number of carbonyl (C=O) groups excluding carboxylic acids is 1. The molecule has 0 aliphatic heterocycles. The Kier molecular flexibility index (Phi) is 6.21. The van der Waals surface area contributed by atoms with Crippen molar-refractivity contribution in [3.05, 3.63) is 65.2 Å². The summed E-state index contributed by atoms with van der Waals surface area (Å²) >= 11 is 0. The number of nitrogens with one attached hydrogen (secondary N) is 1. The van der Waals surface area contributed by atoms with Crippen LogP contribution in [0.25, 0.3) is 0 Å². The lowest BCUT2D eigenvalue weighted by Gasteiger charge is -2.13. The summed E-state index contributed by atoms with van der Waals surface area (Å²) in [5.41, 5.74) is 1.44. The maximum absolute atomic E-state index is 13.1. The summed E-state index contributed by atoms with van der Waals surface area (Å²) in [6.07, 6.45) is 5.86. The predicted octanol–water partition coefficient (Wildman–Crippen LogP) is 4.54. The van der Waals surface area contributed by atoms with E-state index in [1.165, 1.54) is 25.0 Å². The Bertz CT molecular complexity index is 737. The number of ether oxygens (including phenoxy) is 1. The van der Waals surface area contributed by atoms with E-state index in [0.29, 0.717) is 24.5 Å². The second-order valence-electron chi connectivity index (χ2n) is 6.73. The Hall–Kier alpha value is -2.43. The van der Waals surface area contributed by atoms with Crippen molar-refractivity contribution in [2.24, 2.45) is 0 Å². The average molecular weight is 359 g/mol. The van der Waals surface area contributed by atoms with E-state index in [0.717, 1.165) is 30.2 Å². The molecule has 1 N–H and O–H groups in total. The van der Waals surface area contributed by atoms with E-state index in [2.05, 4.69) is 5.32 Å². The van der Waals surface area contributed by atoms with Gasteiger partial charge in [0.25, 0.3) is 0 Å². The summed E-state index contributed by atoms with van der Waals surface area (Å²) in [4.78, 5) is 12.0. The van der Waals surface area contributed by atoms with Gasteiger partial charge in [-0.25, -0.2) is 8.78 Å². The number of aryl methyl sites for hydroxylation is 1. The number of halogens is 2. The van der Waals surface area contributed by atoms with Gasteiger partial charge in [0.05, 0.1) is 6.10 Å².